The van der Waals surface area contributed by atoms with Gasteiger partial charge in [-0.2, -0.15) is 5.26 Å². The molecule has 1 amide bonds. The van der Waals surface area contributed by atoms with E-state index in [-0.39, 0.29) is 24.7 Å². The summed E-state index contributed by atoms with van der Waals surface area (Å²) in [5, 5.41) is 8.37. The van der Waals surface area contributed by atoms with Crippen molar-refractivity contribution in [3.05, 3.63) is 34.1 Å². The Morgan fingerprint density at radius 1 is 1.62 bits per heavy atom. The topological polar surface area (TPSA) is 44.1 Å². The summed E-state index contributed by atoms with van der Waals surface area (Å²) in [4.78, 5) is 12.6. The number of rotatable bonds is 3. The van der Waals surface area contributed by atoms with Gasteiger partial charge in [0.2, 0.25) is 5.91 Å². The molecule has 1 rings (SSSR count). The first-order valence-electron chi connectivity index (χ1n) is 4.59. The third kappa shape index (κ3) is 3.31. The van der Waals surface area contributed by atoms with E-state index in [1.807, 2.05) is 0 Å². The van der Waals surface area contributed by atoms with Gasteiger partial charge in [-0.25, -0.2) is 4.39 Å². The molecule has 0 bridgehead atoms. The highest BCUT2D eigenvalue weighted by atomic mass is 79.9. The second kappa shape index (κ2) is 5.61. The number of amides is 1. The van der Waals surface area contributed by atoms with Crippen molar-refractivity contribution in [2.45, 2.75) is 13.0 Å². The van der Waals surface area contributed by atoms with Gasteiger partial charge in [0, 0.05) is 23.6 Å². The molecule has 0 aromatic heterocycles. The summed E-state index contributed by atoms with van der Waals surface area (Å²) >= 11 is 3.23. The quantitative estimate of drug-likeness (QED) is 0.856. The Labute approximate surface area is 102 Å². The molecule has 0 unspecified atom stereocenters. The lowest BCUT2D eigenvalue weighted by Crippen LogP contribution is -2.25. The highest BCUT2D eigenvalue weighted by Gasteiger charge is 2.11. The predicted molar refractivity (Wildman–Crippen MR) is 60.8 cm³/mol. The number of nitrogens with zero attached hydrogens (tertiary/aromatic N) is 2. The highest BCUT2D eigenvalue weighted by molar-refractivity contribution is 9.10. The summed E-state index contributed by atoms with van der Waals surface area (Å²) in [6.07, 6.45) is -0.188. The molecule has 1 aromatic rings. The predicted octanol–water partition coefficient (Wildman–Crippen LogP) is 2.46. The third-order valence-corrected chi connectivity index (χ3v) is 2.56. The van der Waals surface area contributed by atoms with E-state index in [1.165, 1.54) is 11.0 Å². The fraction of sp³-hybridized carbons (Fsp3) is 0.273. The van der Waals surface area contributed by atoms with Crippen LogP contribution in [-0.4, -0.2) is 17.9 Å². The maximum atomic E-state index is 13.4. The van der Waals surface area contributed by atoms with Gasteiger partial charge in [-0.05, 0) is 18.2 Å². The normalized spacial score (nSPS) is 9.62. The molecule has 0 fully saturated rings. The van der Waals surface area contributed by atoms with Crippen molar-refractivity contribution in [3.63, 3.8) is 0 Å². The van der Waals surface area contributed by atoms with Crippen molar-refractivity contribution < 1.29 is 9.18 Å². The average molecular weight is 285 g/mol. The largest absolute Gasteiger partial charge is 0.340 e. The molecule has 0 saturated carbocycles. The lowest BCUT2D eigenvalue weighted by atomic mass is 10.2. The van der Waals surface area contributed by atoms with Crippen molar-refractivity contribution in [1.29, 1.82) is 5.26 Å². The number of benzene rings is 1. The van der Waals surface area contributed by atoms with Gasteiger partial charge < -0.3 is 4.90 Å². The molecule has 0 aliphatic carbocycles. The number of carbonyl (C=O) groups is 1. The van der Waals surface area contributed by atoms with Gasteiger partial charge in [-0.15, -0.1) is 0 Å². The molecule has 0 radical (unpaired) electrons. The second-order valence-corrected chi connectivity index (χ2v) is 4.24. The summed E-state index contributed by atoms with van der Waals surface area (Å²) in [6, 6.07) is 6.31. The van der Waals surface area contributed by atoms with Crippen molar-refractivity contribution >= 4 is 21.8 Å². The van der Waals surface area contributed by atoms with Crippen LogP contribution in [0.3, 0.4) is 0 Å². The Balaban J connectivity index is 2.77. The van der Waals surface area contributed by atoms with Crippen molar-refractivity contribution in [3.8, 4) is 6.07 Å². The number of nitriles is 1. The number of halogens is 2. The van der Waals surface area contributed by atoms with E-state index in [9.17, 15) is 9.18 Å². The van der Waals surface area contributed by atoms with Crippen LogP contribution in [0.1, 0.15) is 12.0 Å². The molecule has 16 heavy (non-hydrogen) atoms. The van der Waals surface area contributed by atoms with Crippen molar-refractivity contribution in [1.82, 2.24) is 4.90 Å². The monoisotopic (exact) mass is 284 g/mol. The van der Waals surface area contributed by atoms with Crippen LogP contribution in [0, 0.1) is 17.1 Å². The lowest BCUT2D eigenvalue weighted by Gasteiger charge is -2.16. The van der Waals surface area contributed by atoms with Crippen LogP contribution in [0.15, 0.2) is 22.7 Å². The molecule has 5 heteroatoms. The molecule has 3 nitrogen and oxygen atoms in total. The fourth-order valence-electron chi connectivity index (χ4n) is 1.21. The molecule has 0 spiro atoms. The molecule has 84 valence electrons. The molecular formula is C11H10BrFN2O. The van der Waals surface area contributed by atoms with Crippen LogP contribution < -0.4 is 0 Å². The number of hydrogen-bond donors (Lipinski definition) is 0. The smallest absolute Gasteiger partial charge is 0.236 e. The summed E-state index contributed by atoms with van der Waals surface area (Å²) < 4.78 is 14.1. The Morgan fingerprint density at radius 2 is 2.31 bits per heavy atom. The van der Waals surface area contributed by atoms with Gasteiger partial charge in [0.15, 0.2) is 0 Å². The zero-order valence-electron chi connectivity index (χ0n) is 8.70. The standard InChI is InChI=1S/C11H10BrFN2O/c1-15(11(16)4-5-14)7-8-6-9(12)2-3-10(8)13/h2-3,6H,4,7H2,1H3. The minimum Gasteiger partial charge on any atom is -0.340 e. The van der Waals surface area contributed by atoms with E-state index >= 15 is 0 Å². The van der Waals surface area contributed by atoms with Crippen LogP contribution in [-0.2, 0) is 11.3 Å². The first kappa shape index (κ1) is 12.7. The highest BCUT2D eigenvalue weighted by Crippen LogP contribution is 2.16. The molecule has 0 N–H and O–H groups in total. The summed E-state index contributed by atoms with van der Waals surface area (Å²) in [5.74, 6) is -0.679. The summed E-state index contributed by atoms with van der Waals surface area (Å²) in [5.41, 5.74) is 0.420. The maximum Gasteiger partial charge on any atom is 0.236 e. The maximum absolute atomic E-state index is 13.4. The van der Waals surface area contributed by atoms with Gasteiger partial charge in [-0.3, -0.25) is 4.79 Å². The summed E-state index contributed by atoms with van der Waals surface area (Å²) in [7, 11) is 1.54. The number of carbonyl (C=O) groups excluding carboxylic acids is 1. The number of hydrogen-bond acceptors (Lipinski definition) is 2. The van der Waals surface area contributed by atoms with E-state index < -0.39 is 0 Å². The molecule has 0 aliphatic heterocycles. The first-order valence-corrected chi connectivity index (χ1v) is 5.38. The molecule has 0 heterocycles. The van der Waals surface area contributed by atoms with Crippen LogP contribution in [0.2, 0.25) is 0 Å². The minimum atomic E-state index is -0.361. The minimum absolute atomic E-state index is 0.159. The van der Waals surface area contributed by atoms with Gasteiger partial charge in [0.05, 0.1) is 6.07 Å². The fourth-order valence-corrected chi connectivity index (χ4v) is 1.62. The van der Waals surface area contributed by atoms with E-state index in [0.29, 0.717) is 5.56 Å². The third-order valence-electron chi connectivity index (χ3n) is 2.07. The van der Waals surface area contributed by atoms with Gasteiger partial charge in [0.1, 0.15) is 12.2 Å². The van der Waals surface area contributed by atoms with Crippen LogP contribution in [0.25, 0.3) is 0 Å². The average Bonchev–Trinajstić information content (AvgIpc) is 2.23. The molecule has 0 atom stereocenters. The van der Waals surface area contributed by atoms with Crippen molar-refractivity contribution in [2.75, 3.05) is 7.05 Å². The van der Waals surface area contributed by atoms with E-state index in [4.69, 9.17) is 5.26 Å². The van der Waals surface area contributed by atoms with Crippen molar-refractivity contribution in [2.24, 2.45) is 0 Å². The Kier molecular flexibility index (Phi) is 4.44. The van der Waals surface area contributed by atoms with Crippen LogP contribution >= 0.6 is 15.9 Å². The SMILES string of the molecule is CN(Cc1cc(Br)ccc1F)C(=O)CC#N. The Hall–Kier alpha value is -1.41. The van der Waals surface area contributed by atoms with Gasteiger partial charge in [0.25, 0.3) is 0 Å². The molecular weight excluding hydrogens is 275 g/mol. The van der Waals surface area contributed by atoms with Gasteiger partial charge in [-0.1, -0.05) is 15.9 Å². The molecule has 0 saturated heterocycles. The van der Waals surface area contributed by atoms with E-state index in [2.05, 4.69) is 15.9 Å². The lowest BCUT2D eigenvalue weighted by molar-refractivity contribution is -0.129. The second-order valence-electron chi connectivity index (χ2n) is 3.32. The zero-order valence-corrected chi connectivity index (χ0v) is 10.3. The summed E-state index contributed by atoms with van der Waals surface area (Å²) in [6.45, 7) is 0.159. The van der Waals surface area contributed by atoms with Crippen LogP contribution in [0.5, 0.6) is 0 Å². The van der Waals surface area contributed by atoms with E-state index in [1.54, 1.807) is 25.2 Å². The van der Waals surface area contributed by atoms with Gasteiger partial charge >= 0.3 is 0 Å². The molecule has 1 aromatic carbocycles. The zero-order chi connectivity index (χ0) is 12.1. The Morgan fingerprint density at radius 3 is 2.94 bits per heavy atom. The first-order chi connectivity index (χ1) is 7.54. The van der Waals surface area contributed by atoms with E-state index in [0.717, 1.165) is 4.47 Å². The molecule has 0 aliphatic rings. The Bertz CT molecular complexity index is 442. The van der Waals surface area contributed by atoms with Crippen LogP contribution in [0.4, 0.5) is 4.39 Å².